The number of carbonyl (C=O) groups is 6. The highest BCUT2D eigenvalue weighted by atomic mass is 16.4. The van der Waals surface area contributed by atoms with E-state index in [1.54, 1.807) is 13.8 Å². The normalized spacial score (nSPS) is 14.1. The van der Waals surface area contributed by atoms with Gasteiger partial charge >= 0.3 is 17.9 Å². The summed E-state index contributed by atoms with van der Waals surface area (Å²) < 4.78 is 0. The van der Waals surface area contributed by atoms with Crippen LogP contribution in [0.5, 0.6) is 5.75 Å². The van der Waals surface area contributed by atoms with Gasteiger partial charge in [-0.15, -0.1) is 0 Å². The number of nitrogens with two attached hydrogens (primary N) is 1. The van der Waals surface area contributed by atoms with Crippen LogP contribution in [0.4, 0.5) is 0 Å². The highest BCUT2D eigenvalue weighted by molar-refractivity contribution is 5.95. The first-order valence-electron chi connectivity index (χ1n) is 11.3. The van der Waals surface area contributed by atoms with Crippen molar-refractivity contribution >= 4 is 35.6 Å². The Hall–Kier alpha value is -4.20. The number of nitrogens with one attached hydrogen (secondary N) is 3. The molecule has 14 nitrogen and oxygen atoms in total. The van der Waals surface area contributed by atoms with Gasteiger partial charge in [0, 0.05) is 6.42 Å². The second-order valence-corrected chi connectivity index (χ2v) is 8.82. The van der Waals surface area contributed by atoms with Crippen molar-refractivity contribution < 1.29 is 49.2 Å². The summed E-state index contributed by atoms with van der Waals surface area (Å²) in [5, 5.41) is 43.4. The van der Waals surface area contributed by atoms with E-state index in [1.165, 1.54) is 24.3 Å². The summed E-state index contributed by atoms with van der Waals surface area (Å²) in [5.74, 6) is -7.28. The zero-order valence-electron chi connectivity index (χ0n) is 20.3. The van der Waals surface area contributed by atoms with Crippen molar-refractivity contribution in [2.75, 3.05) is 0 Å². The average Bonchev–Trinajstić information content (AvgIpc) is 2.77. The molecule has 4 atom stereocenters. The number of hydrogen-bond acceptors (Lipinski definition) is 8. The fourth-order valence-corrected chi connectivity index (χ4v) is 3.26. The Morgan fingerprint density at radius 1 is 0.757 bits per heavy atom. The lowest BCUT2D eigenvalue weighted by Gasteiger charge is -2.26. The van der Waals surface area contributed by atoms with E-state index in [9.17, 15) is 39.0 Å². The van der Waals surface area contributed by atoms with Crippen molar-refractivity contribution in [3.8, 4) is 5.75 Å². The minimum Gasteiger partial charge on any atom is -0.508 e. The maximum absolute atomic E-state index is 13.2. The maximum Gasteiger partial charge on any atom is 0.326 e. The number of carboxylic acid groups (broad SMARTS) is 3. The van der Waals surface area contributed by atoms with E-state index in [4.69, 9.17) is 15.9 Å². The van der Waals surface area contributed by atoms with E-state index in [2.05, 4.69) is 16.0 Å². The molecule has 14 heteroatoms. The molecule has 0 heterocycles. The quantitative estimate of drug-likeness (QED) is 0.135. The van der Waals surface area contributed by atoms with E-state index in [1.807, 2.05) is 0 Å². The second kappa shape index (κ2) is 14.4. The molecule has 204 valence electrons. The predicted octanol–water partition coefficient (Wildman–Crippen LogP) is -1.20. The highest BCUT2D eigenvalue weighted by Gasteiger charge is 2.32. The van der Waals surface area contributed by atoms with Crippen LogP contribution >= 0.6 is 0 Å². The molecule has 9 N–H and O–H groups in total. The minimum absolute atomic E-state index is 0.0414. The van der Waals surface area contributed by atoms with Crippen LogP contribution < -0.4 is 21.7 Å². The molecule has 0 aliphatic rings. The Morgan fingerprint density at radius 3 is 1.73 bits per heavy atom. The smallest absolute Gasteiger partial charge is 0.326 e. The molecule has 37 heavy (non-hydrogen) atoms. The first-order valence-corrected chi connectivity index (χ1v) is 11.3. The van der Waals surface area contributed by atoms with E-state index >= 15 is 0 Å². The zero-order valence-corrected chi connectivity index (χ0v) is 20.3. The largest absolute Gasteiger partial charge is 0.508 e. The van der Waals surface area contributed by atoms with Crippen molar-refractivity contribution in [3.63, 3.8) is 0 Å². The Morgan fingerprint density at radius 2 is 1.24 bits per heavy atom. The number of carboxylic acids is 3. The summed E-state index contributed by atoms with van der Waals surface area (Å²) in [6.07, 6.45) is -1.65. The predicted molar refractivity (Wildman–Crippen MR) is 127 cm³/mol. The lowest BCUT2D eigenvalue weighted by Crippen LogP contribution is -2.58. The monoisotopic (exact) mass is 524 g/mol. The fraction of sp³-hybridized carbons (Fsp3) is 0.478. The Bertz CT molecular complexity index is 996. The summed E-state index contributed by atoms with van der Waals surface area (Å²) in [4.78, 5) is 71.6. The molecule has 0 bridgehead atoms. The number of benzene rings is 1. The van der Waals surface area contributed by atoms with Gasteiger partial charge in [0.1, 0.15) is 23.9 Å². The third-order valence-electron chi connectivity index (χ3n) is 5.07. The molecule has 0 aliphatic heterocycles. The zero-order chi connectivity index (χ0) is 28.3. The van der Waals surface area contributed by atoms with Crippen LogP contribution in [0.3, 0.4) is 0 Å². The lowest BCUT2D eigenvalue weighted by atomic mass is 10.00. The van der Waals surface area contributed by atoms with E-state index < -0.39 is 72.6 Å². The number of rotatable bonds is 15. The van der Waals surface area contributed by atoms with Crippen LogP contribution in [0, 0.1) is 5.92 Å². The number of phenols is 1. The SMILES string of the molecule is CC(C)CC(NC(=O)C(Cc1ccc(O)cc1)NC(=O)C(N)CC(=O)O)C(=O)NC(CC(=O)O)C(=O)O. The third kappa shape index (κ3) is 11.4. The molecular formula is C23H32N4O10. The van der Waals surface area contributed by atoms with Crippen molar-refractivity contribution in [2.45, 2.75) is 63.7 Å². The van der Waals surface area contributed by atoms with Gasteiger partial charge in [0.15, 0.2) is 0 Å². The molecule has 0 aromatic heterocycles. The van der Waals surface area contributed by atoms with Gasteiger partial charge < -0.3 is 42.1 Å². The van der Waals surface area contributed by atoms with Gasteiger partial charge in [0.25, 0.3) is 0 Å². The van der Waals surface area contributed by atoms with Crippen LogP contribution in [0.2, 0.25) is 0 Å². The topological polar surface area (TPSA) is 245 Å². The Kier molecular flexibility index (Phi) is 12.0. The number of carbonyl (C=O) groups excluding carboxylic acids is 3. The van der Waals surface area contributed by atoms with Crippen LogP contribution in [-0.2, 0) is 35.2 Å². The summed E-state index contributed by atoms with van der Waals surface area (Å²) in [7, 11) is 0. The molecule has 0 fully saturated rings. The third-order valence-corrected chi connectivity index (χ3v) is 5.07. The Balaban J connectivity index is 3.15. The number of aliphatic carboxylic acids is 3. The molecule has 0 saturated heterocycles. The molecule has 4 unspecified atom stereocenters. The average molecular weight is 525 g/mol. The van der Waals surface area contributed by atoms with Crippen LogP contribution in [0.15, 0.2) is 24.3 Å². The van der Waals surface area contributed by atoms with Crippen molar-refractivity contribution in [1.82, 2.24) is 16.0 Å². The molecular weight excluding hydrogens is 492 g/mol. The van der Waals surface area contributed by atoms with Crippen LogP contribution in [0.25, 0.3) is 0 Å². The van der Waals surface area contributed by atoms with Gasteiger partial charge in [0.2, 0.25) is 17.7 Å². The standard InChI is InChI=1S/C23H32N4O10/c1-11(2)7-15(21(34)27-17(23(36)37)10-19(31)32)26-22(35)16(8-12-3-5-13(28)6-4-12)25-20(33)14(24)9-18(29)30/h3-6,11,14-17,28H,7-10,24H2,1-2H3,(H,25,33)(H,26,35)(H,27,34)(H,29,30)(H,31,32)(H,36,37). The van der Waals surface area contributed by atoms with Crippen molar-refractivity contribution in [2.24, 2.45) is 11.7 Å². The Labute approximate surface area is 212 Å². The van der Waals surface area contributed by atoms with Crippen LogP contribution in [-0.4, -0.2) is 80.2 Å². The maximum atomic E-state index is 13.2. The molecule has 0 radical (unpaired) electrons. The van der Waals surface area contributed by atoms with E-state index in [-0.39, 0.29) is 24.5 Å². The molecule has 0 spiro atoms. The summed E-state index contributed by atoms with van der Waals surface area (Å²) in [5.41, 5.74) is 6.09. The first kappa shape index (κ1) is 30.8. The van der Waals surface area contributed by atoms with Gasteiger partial charge in [-0.25, -0.2) is 4.79 Å². The molecule has 1 aromatic carbocycles. The van der Waals surface area contributed by atoms with Gasteiger partial charge in [-0.05, 0) is 30.0 Å². The van der Waals surface area contributed by atoms with E-state index in [0.29, 0.717) is 5.56 Å². The molecule has 1 aromatic rings. The number of amides is 3. The fourth-order valence-electron chi connectivity index (χ4n) is 3.26. The van der Waals surface area contributed by atoms with Gasteiger partial charge in [-0.3, -0.25) is 24.0 Å². The number of hydrogen-bond donors (Lipinski definition) is 8. The first-order chi connectivity index (χ1) is 17.2. The summed E-state index contributed by atoms with van der Waals surface area (Å²) in [6, 6.07) is -0.129. The van der Waals surface area contributed by atoms with Gasteiger partial charge in [0.05, 0.1) is 18.9 Å². The highest BCUT2D eigenvalue weighted by Crippen LogP contribution is 2.13. The molecule has 3 amide bonds. The lowest BCUT2D eigenvalue weighted by molar-refractivity contribution is -0.147. The van der Waals surface area contributed by atoms with Gasteiger partial charge in [-0.2, -0.15) is 0 Å². The minimum atomic E-state index is -1.74. The number of phenolic OH excluding ortho intramolecular Hbond substituents is 1. The van der Waals surface area contributed by atoms with Crippen molar-refractivity contribution in [3.05, 3.63) is 29.8 Å². The molecule has 0 aliphatic carbocycles. The summed E-state index contributed by atoms with van der Waals surface area (Å²) in [6.45, 7) is 3.47. The van der Waals surface area contributed by atoms with Crippen LogP contribution in [0.1, 0.15) is 38.7 Å². The second-order valence-electron chi connectivity index (χ2n) is 8.82. The number of aromatic hydroxyl groups is 1. The summed E-state index contributed by atoms with van der Waals surface area (Å²) >= 11 is 0. The van der Waals surface area contributed by atoms with E-state index in [0.717, 1.165) is 0 Å². The van der Waals surface area contributed by atoms with Gasteiger partial charge in [-0.1, -0.05) is 26.0 Å². The molecule has 1 rings (SSSR count). The van der Waals surface area contributed by atoms with Crippen molar-refractivity contribution in [1.29, 1.82) is 0 Å². The molecule has 0 saturated carbocycles.